The highest BCUT2D eigenvalue weighted by Gasteiger charge is 2.22. The number of fused-ring (bicyclic) bond motifs is 1. The zero-order valence-electron chi connectivity index (χ0n) is 13.6. The molecule has 1 amide bonds. The quantitative estimate of drug-likeness (QED) is 0.744. The van der Waals surface area contributed by atoms with Gasteiger partial charge in [-0.2, -0.15) is 0 Å². The maximum absolute atomic E-state index is 12.7. The van der Waals surface area contributed by atoms with Crippen LogP contribution in [0.3, 0.4) is 0 Å². The Morgan fingerprint density at radius 2 is 1.92 bits per heavy atom. The van der Waals surface area contributed by atoms with E-state index in [1.165, 1.54) is 4.57 Å². The molecule has 7 heteroatoms. The topological polar surface area (TPSA) is 109 Å². The minimum absolute atomic E-state index is 0.355. The fraction of sp³-hybridized carbons (Fsp3) is 0.353. The number of carboxylic acids is 1. The summed E-state index contributed by atoms with van der Waals surface area (Å²) in [6.07, 6.45) is 0.727. The smallest absolute Gasteiger partial charge is 0.322 e. The molecule has 1 aromatic heterocycles. The lowest BCUT2D eigenvalue weighted by atomic mass is 10.1. The number of para-hydroxylation sites is 1. The third-order valence-electron chi connectivity index (χ3n) is 3.70. The molecule has 128 valence electrons. The Kier molecular flexibility index (Phi) is 5.23. The number of hydrogen-bond acceptors (Lipinski definition) is 4. The minimum Gasteiger partial charge on any atom is -0.506 e. The first kappa shape index (κ1) is 17.5. The van der Waals surface area contributed by atoms with Crippen LogP contribution in [-0.4, -0.2) is 33.2 Å². The molecule has 0 unspecified atom stereocenters. The average Bonchev–Trinajstić information content (AvgIpc) is 2.52. The number of nitrogens with zero attached hydrogens (tertiary/aromatic N) is 1. The lowest BCUT2D eigenvalue weighted by molar-refractivity contribution is -0.135. The number of hydrogen-bond donors (Lipinski definition) is 3. The first-order valence-electron chi connectivity index (χ1n) is 7.67. The van der Waals surface area contributed by atoms with Crippen LogP contribution in [0.25, 0.3) is 10.9 Å². The molecule has 2 rings (SSSR count). The van der Waals surface area contributed by atoms with Gasteiger partial charge < -0.3 is 20.1 Å². The van der Waals surface area contributed by atoms with Crippen molar-refractivity contribution in [2.24, 2.45) is 5.92 Å². The highest BCUT2D eigenvalue weighted by atomic mass is 16.4. The van der Waals surface area contributed by atoms with Gasteiger partial charge in [0.15, 0.2) is 0 Å². The molecular weight excluding hydrogens is 312 g/mol. The molecule has 0 aliphatic carbocycles. The van der Waals surface area contributed by atoms with Crippen LogP contribution in [0.15, 0.2) is 29.1 Å². The number of aromatic hydroxyl groups is 1. The lowest BCUT2D eigenvalue weighted by Crippen LogP contribution is -2.36. The predicted octanol–water partition coefficient (Wildman–Crippen LogP) is 1.57. The Balaban J connectivity index is 2.60. The maximum atomic E-state index is 12.7. The van der Waals surface area contributed by atoms with Crippen LogP contribution < -0.4 is 10.9 Å². The van der Waals surface area contributed by atoms with Crippen molar-refractivity contribution in [1.29, 1.82) is 0 Å². The van der Waals surface area contributed by atoms with E-state index in [1.54, 1.807) is 24.3 Å². The summed E-state index contributed by atoms with van der Waals surface area (Å²) in [5.41, 5.74) is -0.524. The van der Waals surface area contributed by atoms with E-state index in [2.05, 4.69) is 5.32 Å². The molecule has 3 N–H and O–H groups in total. The van der Waals surface area contributed by atoms with Crippen molar-refractivity contribution in [2.75, 3.05) is 6.54 Å². The molecule has 0 spiro atoms. The minimum atomic E-state index is -1.23. The predicted molar refractivity (Wildman–Crippen MR) is 89.3 cm³/mol. The molecule has 0 saturated heterocycles. The Morgan fingerprint density at radius 3 is 2.54 bits per heavy atom. The second kappa shape index (κ2) is 7.16. The van der Waals surface area contributed by atoms with E-state index in [4.69, 9.17) is 5.11 Å². The molecule has 2 aromatic rings. The van der Waals surface area contributed by atoms with Crippen molar-refractivity contribution in [1.82, 2.24) is 9.88 Å². The Morgan fingerprint density at radius 1 is 1.25 bits per heavy atom. The van der Waals surface area contributed by atoms with Gasteiger partial charge in [0.1, 0.15) is 17.9 Å². The first-order valence-corrected chi connectivity index (χ1v) is 7.67. The molecule has 0 atom stereocenters. The summed E-state index contributed by atoms with van der Waals surface area (Å²) >= 11 is 0. The van der Waals surface area contributed by atoms with E-state index >= 15 is 0 Å². The summed E-state index contributed by atoms with van der Waals surface area (Å²) in [7, 11) is 0. The largest absolute Gasteiger partial charge is 0.506 e. The molecule has 0 fully saturated rings. The van der Waals surface area contributed by atoms with Crippen LogP contribution >= 0.6 is 0 Å². The highest BCUT2D eigenvalue weighted by molar-refractivity contribution is 6.03. The standard InChI is InChI=1S/C17H20N2O5/c1-10(2)7-8-19-12-6-4-3-5-11(12)15(22)14(17(19)24)16(23)18-9-13(20)21/h3-6,10,22H,7-9H2,1-2H3,(H,18,23)(H,20,21). The van der Waals surface area contributed by atoms with Crippen molar-refractivity contribution < 1.29 is 19.8 Å². The van der Waals surface area contributed by atoms with Gasteiger partial charge in [-0.3, -0.25) is 14.4 Å². The molecule has 1 aromatic carbocycles. The summed E-state index contributed by atoms with van der Waals surface area (Å²) in [4.78, 5) is 35.5. The summed E-state index contributed by atoms with van der Waals surface area (Å²) < 4.78 is 1.45. The third-order valence-corrected chi connectivity index (χ3v) is 3.70. The number of benzene rings is 1. The van der Waals surface area contributed by atoms with Gasteiger partial charge in [-0.1, -0.05) is 26.0 Å². The number of nitrogens with one attached hydrogen (secondary N) is 1. The third kappa shape index (κ3) is 3.56. The Hall–Kier alpha value is -2.83. The summed E-state index contributed by atoms with van der Waals surface area (Å²) in [5.74, 6) is -2.21. The second-order valence-electron chi connectivity index (χ2n) is 5.96. The van der Waals surface area contributed by atoms with Gasteiger partial charge in [-0.25, -0.2) is 0 Å². The van der Waals surface area contributed by atoms with Gasteiger partial charge in [-0.05, 0) is 24.5 Å². The maximum Gasteiger partial charge on any atom is 0.322 e. The number of pyridine rings is 1. The van der Waals surface area contributed by atoms with Crippen LogP contribution in [-0.2, 0) is 11.3 Å². The van der Waals surface area contributed by atoms with Crippen LogP contribution in [0, 0.1) is 5.92 Å². The average molecular weight is 332 g/mol. The number of carboxylic acid groups (broad SMARTS) is 1. The molecule has 0 aliphatic rings. The number of rotatable bonds is 6. The van der Waals surface area contributed by atoms with Gasteiger partial charge in [0, 0.05) is 11.9 Å². The molecule has 1 heterocycles. The zero-order valence-corrected chi connectivity index (χ0v) is 13.6. The van der Waals surface area contributed by atoms with Gasteiger partial charge in [-0.15, -0.1) is 0 Å². The molecule has 0 saturated carbocycles. The van der Waals surface area contributed by atoms with E-state index < -0.39 is 35.3 Å². The molecule has 0 bridgehead atoms. The van der Waals surface area contributed by atoms with Crippen molar-refractivity contribution in [2.45, 2.75) is 26.8 Å². The van der Waals surface area contributed by atoms with E-state index in [-0.39, 0.29) is 0 Å². The van der Waals surface area contributed by atoms with Gasteiger partial charge in [0.2, 0.25) is 0 Å². The summed E-state index contributed by atoms with van der Waals surface area (Å²) in [6.45, 7) is 3.81. The second-order valence-corrected chi connectivity index (χ2v) is 5.96. The van der Waals surface area contributed by atoms with Crippen molar-refractivity contribution >= 4 is 22.8 Å². The number of aliphatic carboxylic acids is 1. The normalized spacial score (nSPS) is 11.0. The van der Waals surface area contributed by atoms with Crippen molar-refractivity contribution in [3.05, 3.63) is 40.2 Å². The fourth-order valence-corrected chi connectivity index (χ4v) is 2.45. The SMILES string of the molecule is CC(C)CCn1c(=O)c(C(=O)NCC(=O)O)c(O)c2ccccc21. The van der Waals surface area contributed by atoms with E-state index in [0.29, 0.717) is 23.4 Å². The van der Waals surface area contributed by atoms with E-state index in [1.807, 2.05) is 13.8 Å². The van der Waals surface area contributed by atoms with Crippen molar-refractivity contribution in [3.8, 4) is 5.75 Å². The number of amides is 1. The van der Waals surface area contributed by atoms with Crippen LogP contribution in [0.1, 0.15) is 30.6 Å². The number of carbonyl (C=O) groups is 2. The molecule has 0 radical (unpaired) electrons. The molecular formula is C17H20N2O5. The Labute approximate surface area is 138 Å². The zero-order chi connectivity index (χ0) is 17.9. The lowest BCUT2D eigenvalue weighted by Gasteiger charge is -2.15. The Bertz CT molecular complexity index is 839. The number of aryl methyl sites for hydroxylation is 1. The van der Waals surface area contributed by atoms with E-state index in [0.717, 1.165) is 6.42 Å². The molecule has 0 aliphatic heterocycles. The molecule has 24 heavy (non-hydrogen) atoms. The molecule has 7 nitrogen and oxygen atoms in total. The number of aromatic nitrogens is 1. The van der Waals surface area contributed by atoms with Crippen LogP contribution in [0.2, 0.25) is 0 Å². The van der Waals surface area contributed by atoms with Crippen LogP contribution in [0.5, 0.6) is 5.75 Å². The summed E-state index contributed by atoms with van der Waals surface area (Å²) in [6, 6.07) is 6.76. The summed E-state index contributed by atoms with van der Waals surface area (Å²) in [5, 5.41) is 21.5. The van der Waals surface area contributed by atoms with Gasteiger partial charge in [0.05, 0.1) is 5.52 Å². The monoisotopic (exact) mass is 332 g/mol. The fourth-order valence-electron chi connectivity index (χ4n) is 2.45. The van der Waals surface area contributed by atoms with Crippen molar-refractivity contribution in [3.63, 3.8) is 0 Å². The van der Waals surface area contributed by atoms with E-state index in [9.17, 15) is 19.5 Å². The number of carbonyl (C=O) groups excluding carboxylic acids is 1. The highest BCUT2D eigenvalue weighted by Crippen LogP contribution is 2.26. The van der Waals surface area contributed by atoms with Crippen LogP contribution in [0.4, 0.5) is 0 Å². The van der Waals surface area contributed by atoms with Gasteiger partial charge >= 0.3 is 5.97 Å². The van der Waals surface area contributed by atoms with Gasteiger partial charge in [0.25, 0.3) is 11.5 Å². The first-order chi connectivity index (χ1) is 11.3.